The van der Waals surface area contributed by atoms with Gasteiger partial charge >= 0.3 is 6.03 Å². The van der Waals surface area contributed by atoms with Gasteiger partial charge in [0.25, 0.3) is 5.91 Å². The van der Waals surface area contributed by atoms with Crippen molar-refractivity contribution in [3.8, 4) is 5.75 Å². The maximum Gasteiger partial charge on any atom is 0.315 e. The van der Waals surface area contributed by atoms with Crippen LogP contribution in [0.4, 0.5) is 10.5 Å². The first kappa shape index (κ1) is 24.5. The van der Waals surface area contributed by atoms with Crippen LogP contribution in [0.15, 0.2) is 48.5 Å². The van der Waals surface area contributed by atoms with E-state index in [-0.39, 0.29) is 43.0 Å². The molecule has 1 saturated carbocycles. The number of ether oxygens (including phenoxy) is 2. The Hall–Kier alpha value is -3.59. The first-order chi connectivity index (χ1) is 17.1. The van der Waals surface area contributed by atoms with Crippen LogP contribution < -0.4 is 26.0 Å². The topological polar surface area (TPSA) is 118 Å². The van der Waals surface area contributed by atoms with Crippen molar-refractivity contribution in [1.82, 2.24) is 16.0 Å². The maximum atomic E-state index is 12.3. The Morgan fingerprint density at radius 3 is 2.43 bits per heavy atom. The van der Waals surface area contributed by atoms with E-state index < -0.39 is 0 Å². The lowest BCUT2D eigenvalue weighted by molar-refractivity contribution is -0.123. The van der Waals surface area contributed by atoms with Crippen molar-refractivity contribution < 1.29 is 23.9 Å². The minimum absolute atomic E-state index is 0.0683. The summed E-state index contributed by atoms with van der Waals surface area (Å²) < 4.78 is 11.2. The summed E-state index contributed by atoms with van der Waals surface area (Å²) in [4.78, 5) is 36.2. The van der Waals surface area contributed by atoms with E-state index >= 15 is 0 Å². The Kier molecular flexibility index (Phi) is 8.56. The molecule has 35 heavy (non-hydrogen) atoms. The molecule has 1 unspecified atom stereocenters. The zero-order chi connectivity index (χ0) is 24.5. The second-order valence-corrected chi connectivity index (χ2v) is 8.83. The molecule has 1 aliphatic heterocycles. The van der Waals surface area contributed by atoms with Crippen molar-refractivity contribution in [3.63, 3.8) is 0 Å². The SMILES string of the molecule is O=C(COc1ccccc1CNC(=O)NCc1ccc(NC(=O)C2CC2)cc1)NCC1CCCO1. The Balaban J connectivity index is 1.16. The highest BCUT2D eigenvalue weighted by atomic mass is 16.5. The molecular weight excluding hydrogens is 448 g/mol. The second-order valence-electron chi connectivity index (χ2n) is 8.83. The van der Waals surface area contributed by atoms with Gasteiger partial charge in [0.05, 0.1) is 6.10 Å². The predicted molar refractivity (Wildman–Crippen MR) is 131 cm³/mol. The summed E-state index contributed by atoms with van der Waals surface area (Å²) in [5.41, 5.74) is 2.44. The van der Waals surface area contributed by atoms with Gasteiger partial charge in [-0.25, -0.2) is 4.79 Å². The van der Waals surface area contributed by atoms with Gasteiger partial charge in [-0.15, -0.1) is 0 Å². The largest absolute Gasteiger partial charge is 0.483 e. The molecule has 4 rings (SSSR count). The van der Waals surface area contributed by atoms with Crippen molar-refractivity contribution in [1.29, 1.82) is 0 Å². The van der Waals surface area contributed by atoms with Gasteiger partial charge in [0, 0.05) is 43.4 Å². The molecule has 1 aliphatic carbocycles. The van der Waals surface area contributed by atoms with Gasteiger partial charge in [0.15, 0.2) is 6.61 Å². The van der Waals surface area contributed by atoms with E-state index in [2.05, 4.69) is 21.3 Å². The number of hydrogen-bond acceptors (Lipinski definition) is 5. The average molecular weight is 481 g/mol. The number of rotatable bonds is 11. The van der Waals surface area contributed by atoms with E-state index in [1.165, 1.54) is 0 Å². The highest BCUT2D eigenvalue weighted by molar-refractivity contribution is 5.94. The lowest BCUT2D eigenvalue weighted by Crippen LogP contribution is -2.35. The second kappa shape index (κ2) is 12.2. The van der Waals surface area contributed by atoms with Gasteiger partial charge in [-0.3, -0.25) is 9.59 Å². The minimum atomic E-state index is -0.319. The van der Waals surface area contributed by atoms with Crippen LogP contribution >= 0.6 is 0 Å². The maximum absolute atomic E-state index is 12.3. The number of carbonyl (C=O) groups is 3. The monoisotopic (exact) mass is 480 g/mol. The van der Waals surface area contributed by atoms with E-state index in [1.807, 2.05) is 42.5 Å². The third-order valence-corrected chi connectivity index (χ3v) is 5.94. The fourth-order valence-corrected chi connectivity index (χ4v) is 3.73. The molecule has 1 heterocycles. The van der Waals surface area contributed by atoms with E-state index in [0.717, 1.165) is 49.1 Å². The summed E-state index contributed by atoms with van der Waals surface area (Å²) in [6.45, 7) is 1.74. The van der Waals surface area contributed by atoms with Crippen LogP contribution in [0.3, 0.4) is 0 Å². The molecule has 2 aliphatic rings. The van der Waals surface area contributed by atoms with Crippen molar-refractivity contribution in [2.75, 3.05) is 25.1 Å². The van der Waals surface area contributed by atoms with Crippen LogP contribution in [0, 0.1) is 5.92 Å². The van der Waals surface area contributed by atoms with Crippen molar-refractivity contribution in [2.45, 2.75) is 44.9 Å². The Morgan fingerprint density at radius 1 is 0.914 bits per heavy atom. The number of hydrogen-bond donors (Lipinski definition) is 4. The molecule has 186 valence electrons. The molecule has 4 amide bonds. The fraction of sp³-hybridized carbons (Fsp3) is 0.423. The van der Waals surface area contributed by atoms with Crippen molar-refractivity contribution in [2.24, 2.45) is 5.92 Å². The summed E-state index contributed by atoms with van der Waals surface area (Å²) in [6.07, 6.45) is 4.00. The van der Waals surface area contributed by atoms with E-state index in [9.17, 15) is 14.4 Å². The number of carbonyl (C=O) groups excluding carboxylic acids is 3. The lowest BCUT2D eigenvalue weighted by Gasteiger charge is -2.14. The first-order valence-corrected chi connectivity index (χ1v) is 12.1. The summed E-state index contributed by atoms with van der Waals surface area (Å²) in [6, 6.07) is 14.4. The molecule has 9 nitrogen and oxygen atoms in total. The van der Waals surface area contributed by atoms with Gasteiger partial charge < -0.3 is 30.7 Å². The molecule has 0 spiro atoms. The van der Waals surface area contributed by atoms with Crippen LogP contribution in [0.25, 0.3) is 0 Å². The first-order valence-electron chi connectivity index (χ1n) is 12.1. The number of benzene rings is 2. The highest BCUT2D eigenvalue weighted by Crippen LogP contribution is 2.30. The third kappa shape index (κ3) is 7.99. The number of urea groups is 1. The predicted octanol–water partition coefficient (Wildman–Crippen LogP) is 2.71. The Bertz CT molecular complexity index is 1020. The van der Waals surface area contributed by atoms with Gasteiger partial charge in [-0.1, -0.05) is 30.3 Å². The van der Waals surface area contributed by atoms with E-state index in [4.69, 9.17) is 9.47 Å². The van der Waals surface area contributed by atoms with Gasteiger partial charge in [-0.2, -0.15) is 0 Å². The average Bonchev–Trinajstić information content (AvgIpc) is 3.60. The molecule has 2 aromatic rings. The summed E-state index contributed by atoms with van der Waals surface area (Å²) in [7, 11) is 0. The van der Waals surface area contributed by atoms with Gasteiger partial charge in [0.2, 0.25) is 5.91 Å². The highest BCUT2D eigenvalue weighted by Gasteiger charge is 2.29. The number of nitrogens with one attached hydrogen (secondary N) is 4. The third-order valence-electron chi connectivity index (χ3n) is 5.94. The Labute approximate surface area is 204 Å². The molecule has 1 atom stereocenters. The normalized spacial score (nSPS) is 16.9. The standard InChI is InChI=1S/C26H32N4O5/c31-24(27-16-22-5-3-13-34-22)17-35-23-6-2-1-4-20(23)15-29-26(33)28-14-18-7-11-21(12-8-18)30-25(32)19-9-10-19/h1-2,4,6-8,11-12,19,22H,3,5,9-10,13-17H2,(H,27,31)(H,30,32)(H2,28,29,33). The summed E-state index contributed by atoms with van der Waals surface area (Å²) in [5, 5.41) is 11.4. The minimum Gasteiger partial charge on any atom is -0.483 e. The molecule has 0 bridgehead atoms. The molecule has 4 N–H and O–H groups in total. The van der Waals surface area contributed by atoms with Crippen molar-refractivity contribution >= 4 is 23.5 Å². The fourth-order valence-electron chi connectivity index (χ4n) is 3.73. The molecule has 2 aromatic carbocycles. The zero-order valence-electron chi connectivity index (χ0n) is 19.7. The summed E-state index contributed by atoms with van der Waals surface area (Å²) in [5.74, 6) is 0.561. The van der Waals surface area contributed by atoms with Crippen LogP contribution in [-0.2, 0) is 27.4 Å². The molecule has 0 radical (unpaired) electrons. The van der Waals surface area contributed by atoms with Crippen LogP contribution in [0.1, 0.15) is 36.8 Å². The van der Waals surface area contributed by atoms with Crippen LogP contribution in [0.2, 0.25) is 0 Å². The smallest absolute Gasteiger partial charge is 0.315 e. The van der Waals surface area contributed by atoms with E-state index in [1.54, 1.807) is 6.07 Å². The number of anilines is 1. The quantitative estimate of drug-likeness (QED) is 0.395. The Morgan fingerprint density at radius 2 is 1.69 bits per heavy atom. The number of para-hydroxylation sites is 1. The van der Waals surface area contributed by atoms with Gasteiger partial charge in [-0.05, 0) is 49.4 Å². The molecule has 1 saturated heterocycles. The molecule has 2 fully saturated rings. The van der Waals surface area contributed by atoms with E-state index in [0.29, 0.717) is 18.8 Å². The molecular formula is C26H32N4O5. The van der Waals surface area contributed by atoms with Crippen LogP contribution in [0.5, 0.6) is 5.75 Å². The number of amides is 4. The molecule has 0 aromatic heterocycles. The lowest BCUT2D eigenvalue weighted by atomic mass is 10.2. The molecule has 9 heteroatoms. The van der Waals surface area contributed by atoms with Gasteiger partial charge in [0.1, 0.15) is 5.75 Å². The van der Waals surface area contributed by atoms with Crippen molar-refractivity contribution in [3.05, 3.63) is 59.7 Å². The summed E-state index contributed by atoms with van der Waals surface area (Å²) >= 11 is 0. The van der Waals surface area contributed by atoms with Crippen LogP contribution in [-0.4, -0.2) is 43.7 Å². The zero-order valence-corrected chi connectivity index (χ0v) is 19.7.